The summed E-state index contributed by atoms with van der Waals surface area (Å²) in [5.74, 6) is -0.129. The average molecular weight is 374 g/mol. The van der Waals surface area contributed by atoms with E-state index in [0.29, 0.717) is 38.5 Å². The highest BCUT2D eigenvalue weighted by Crippen LogP contribution is 2.32. The van der Waals surface area contributed by atoms with Crippen LogP contribution in [0.1, 0.15) is 44.1 Å². The largest absolute Gasteiger partial charge is 0.481 e. The third-order valence-electron chi connectivity index (χ3n) is 5.68. The van der Waals surface area contributed by atoms with E-state index in [1.54, 1.807) is 0 Å². The molecule has 0 bridgehead atoms. The van der Waals surface area contributed by atoms with Crippen LogP contribution in [0.15, 0.2) is 30.3 Å². The van der Waals surface area contributed by atoms with E-state index in [1.165, 1.54) is 19.3 Å². The molecule has 2 aliphatic rings. The van der Waals surface area contributed by atoms with E-state index in [4.69, 9.17) is 9.84 Å². The normalized spacial score (nSPS) is 21.3. The lowest BCUT2D eigenvalue weighted by Gasteiger charge is -2.40. The number of nitrogens with zero attached hydrogens (tertiary/aromatic N) is 1. The van der Waals surface area contributed by atoms with Gasteiger partial charge in [-0.25, -0.2) is 4.79 Å². The number of rotatable bonds is 8. The molecule has 1 aromatic carbocycles. The van der Waals surface area contributed by atoms with Crippen LogP contribution in [0.5, 0.6) is 0 Å². The van der Waals surface area contributed by atoms with Crippen molar-refractivity contribution in [3.8, 4) is 0 Å². The van der Waals surface area contributed by atoms with Crippen molar-refractivity contribution in [1.82, 2.24) is 10.2 Å². The molecule has 2 fully saturated rings. The molecule has 0 radical (unpaired) electrons. The average Bonchev–Trinajstić information content (AvgIpc) is 2.64. The van der Waals surface area contributed by atoms with Gasteiger partial charge in [0.25, 0.3) is 0 Å². The van der Waals surface area contributed by atoms with Crippen molar-refractivity contribution in [2.75, 3.05) is 19.8 Å². The van der Waals surface area contributed by atoms with Gasteiger partial charge in [0, 0.05) is 19.0 Å². The first-order chi connectivity index (χ1) is 13.1. The number of morpholine rings is 1. The predicted octanol–water partition coefficient (Wildman–Crippen LogP) is 3.06. The Balaban J connectivity index is 1.61. The number of carbonyl (C=O) groups excluding carboxylic acids is 1. The number of aliphatic carboxylic acids is 1. The molecule has 0 spiro atoms. The second-order valence-corrected chi connectivity index (χ2v) is 7.72. The van der Waals surface area contributed by atoms with Crippen molar-refractivity contribution in [2.45, 2.75) is 57.0 Å². The molecule has 1 aliphatic carbocycles. The highest BCUT2D eigenvalue weighted by Gasteiger charge is 2.32. The Morgan fingerprint density at radius 2 is 2.04 bits per heavy atom. The lowest BCUT2D eigenvalue weighted by Crippen LogP contribution is -2.55. The van der Waals surface area contributed by atoms with Crippen molar-refractivity contribution in [3.63, 3.8) is 0 Å². The Hall–Kier alpha value is -2.08. The highest BCUT2D eigenvalue weighted by atomic mass is 16.5. The van der Waals surface area contributed by atoms with E-state index < -0.39 is 5.97 Å². The fourth-order valence-electron chi connectivity index (χ4n) is 3.91. The fraction of sp³-hybridized carbons (Fsp3) is 0.619. The molecule has 3 rings (SSSR count). The van der Waals surface area contributed by atoms with Crippen LogP contribution in [0.2, 0.25) is 0 Å². The second-order valence-electron chi connectivity index (χ2n) is 7.72. The van der Waals surface area contributed by atoms with E-state index in [-0.39, 0.29) is 24.5 Å². The first kappa shape index (κ1) is 19.7. The van der Waals surface area contributed by atoms with E-state index in [0.717, 1.165) is 12.0 Å². The Morgan fingerprint density at radius 3 is 2.70 bits per heavy atom. The van der Waals surface area contributed by atoms with Gasteiger partial charge >= 0.3 is 12.0 Å². The number of benzene rings is 1. The Kier molecular flexibility index (Phi) is 7.10. The number of carbonyl (C=O) groups is 2. The van der Waals surface area contributed by atoms with Gasteiger partial charge in [-0.05, 0) is 30.7 Å². The summed E-state index contributed by atoms with van der Waals surface area (Å²) in [6, 6.07) is 9.73. The number of carboxylic acids is 1. The number of hydrogen-bond acceptors (Lipinski definition) is 3. The van der Waals surface area contributed by atoms with Crippen molar-refractivity contribution < 1.29 is 19.4 Å². The number of carboxylic acid groups (broad SMARTS) is 1. The van der Waals surface area contributed by atoms with Crippen LogP contribution in [0.4, 0.5) is 4.79 Å². The maximum atomic E-state index is 13.0. The Morgan fingerprint density at radius 1 is 1.26 bits per heavy atom. The van der Waals surface area contributed by atoms with E-state index in [2.05, 4.69) is 5.32 Å². The summed E-state index contributed by atoms with van der Waals surface area (Å²) in [4.78, 5) is 25.9. The molecule has 1 saturated carbocycles. The lowest BCUT2D eigenvalue weighted by atomic mass is 9.80. The number of amides is 2. The third-order valence-corrected chi connectivity index (χ3v) is 5.68. The van der Waals surface area contributed by atoms with E-state index in [9.17, 15) is 9.59 Å². The SMILES string of the molecule is O=C(O)CCC(Cc1ccccc1)NC(=O)N1CCOCC1CC1CCC1. The van der Waals surface area contributed by atoms with Gasteiger partial charge in [0.2, 0.25) is 0 Å². The first-order valence-electron chi connectivity index (χ1n) is 10.0. The minimum absolute atomic E-state index is 0.0480. The minimum atomic E-state index is -0.837. The quantitative estimate of drug-likeness (QED) is 0.733. The van der Waals surface area contributed by atoms with Gasteiger partial charge in [0.1, 0.15) is 0 Å². The Bertz CT molecular complexity index is 618. The molecule has 148 valence electrons. The van der Waals surface area contributed by atoms with Crippen molar-refractivity contribution >= 4 is 12.0 Å². The van der Waals surface area contributed by atoms with Crippen molar-refractivity contribution in [3.05, 3.63) is 35.9 Å². The number of nitrogens with one attached hydrogen (secondary N) is 1. The summed E-state index contributed by atoms with van der Waals surface area (Å²) < 4.78 is 5.61. The molecule has 1 aromatic rings. The van der Waals surface area contributed by atoms with Crippen LogP contribution >= 0.6 is 0 Å². The number of ether oxygens (including phenoxy) is 1. The molecule has 2 amide bonds. The van der Waals surface area contributed by atoms with E-state index in [1.807, 2.05) is 35.2 Å². The molecule has 0 aromatic heterocycles. The monoisotopic (exact) mass is 374 g/mol. The molecule has 27 heavy (non-hydrogen) atoms. The van der Waals surface area contributed by atoms with Gasteiger partial charge < -0.3 is 20.1 Å². The molecular formula is C21H30N2O4. The summed E-state index contributed by atoms with van der Waals surface area (Å²) in [5, 5.41) is 12.1. The minimum Gasteiger partial charge on any atom is -0.481 e. The van der Waals surface area contributed by atoms with Gasteiger partial charge in [-0.1, -0.05) is 49.6 Å². The molecule has 2 N–H and O–H groups in total. The lowest BCUT2D eigenvalue weighted by molar-refractivity contribution is -0.137. The van der Waals surface area contributed by atoms with Gasteiger partial charge in [-0.15, -0.1) is 0 Å². The molecule has 2 unspecified atom stereocenters. The topological polar surface area (TPSA) is 78.9 Å². The number of urea groups is 1. The van der Waals surface area contributed by atoms with Gasteiger partial charge in [0.15, 0.2) is 0 Å². The molecule has 6 heteroatoms. The fourth-order valence-corrected chi connectivity index (χ4v) is 3.91. The van der Waals surface area contributed by atoms with Crippen LogP contribution in [-0.4, -0.2) is 53.8 Å². The van der Waals surface area contributed by atoms with Crippen molar-refractivity contribution in [2.24, 2.45) is 5.92 Å². The maximum Gasteiger partial charge on any atom is 0.318 e. The molecule has 1 saturated heterocycles. The summed E-state index contributed by atoms with van der Waals surface area (Å²) in [5.41, 5.74) is 1.10. The maximum absolute atomic E-state index is 13.0. The zero-order valence-corrected chi connectivity index (χ0v) is 15.8. The molecule has 6 nitrogen and oxygen atoms in total. The summed E-state index contributed by atoms with van der Waals surface area (Å²) in [7, 11) is 0. The van der Waals surface area contributed by atoms with Gasteiger partial charge in [-0.3, -0.25) is 4.79 Å². The smallest absolute Gasteiger partial charge is 0.318 e. The van der Waals surface area contributed by atoms with E-state index >= 15 is 0 Å². The summed E-state index contributed by atoms with van der Waals surface area (Å²) in [6.07, 6.45) is 5.91. The molecular weight excluding hydrogens is 344 g/mol. The third kappa shape index (κ3) is 5.96. The number of hydrogen-bond donors (Lipinski definition) is 2. The summed E-state index contributed by atoms with van der Waals surface area (Å²) in [6.45, 7) is 1.76. The highest BCUT2D eigenvalue weighted by molar-refractivity contribution is 5.75. The van der Waals surface area contributed by atoms with Crippen LogP contribution in [0.25, 0.3) is 0 Å². The zero-order valence-electron chi connectivity index (χ0n) is 15.8. The summed E-state index contributed by atoms with van der Waals surface area (Å²) >= 11 is 0. The van der Waals surface area contributed by atoms with Crippen LogP contribution in [-0.2, 0) is 16.0 Å². The molecule has 1 aliphatic heterocycles. The standard InChI is InChI=1S/C21H30N2O4/c24-20(25)10-9-18(13-16-5-2-1-3-6-16)22-21(26)23-11-12-27-15-19(23)14-17-7-4-8-17/h1-3,5-6,17-19H,4,7-15H2,(H,22,26)(H,24,25). The molecule has 1 heterocycles. The van der Waals surface area contributed by atoms with Crippen LogP contribution < -0.4 is 5.32 Å². The van der Waals surface area contributed by atoms with Gasteiger partial charge in [-0.2, -0.15) is 0 Å². The first-order valence-corrected chi connectivity index (χ1v) is 10.0. The Labute approximate surface area is 160 Å². The second kappa shape index (κ2) is 9.74. The zero-order chi connectivity index (χ0) is 19.1. The molecule has 2 atom stereocenters. The van der Waals surface area contributed by atoms with Gasteiger partial charge in [0.05, 0.1) is 19.3 Å². The van der Waals surface area contributed by atoms with Crippen LogP contribution in [0, 0.1) is 5.92 Å². The van der Waals surface area contributed by atoms with Crippen LogP contribution in [0.3, 0.4) is 0 Å². The van der Waals surface area contributed by atoms with Crippen molar-refractivity contribution in [1.29, 1.82) is 0 Å². The predicted molar refractivity (Wildman–Crippen MR) is 103 cm³/mol.